The zero-order valence-corrected chi connectivity index (χ0v) is 17.2. The van der Waals surface area contributed by atoms with E-state index in [-0.39, 0.29) is 17.0 Å². The van der Waals surface area contributed by atoms with E-state index in [0.29, 0.717) is 22.5 Å². The fourth-order valence-corrected chi connectivity index (χ4v) is 3.06. The highest BCUT2D eigenvalue weighted by atomic mass is 79.9. The molecule has 0 aliphatic carbocycles. The lowest BCUT2D eigenvalue weighted by molar-refractivity contribution is -0.687. The van der Waals surface area contributed by atoms with Crippen LogP contribution in [-0.4, -0.2) is 4.98 Å². The summed E-state index contributed by atoms with van der Waals surface area (Å²) in [5, 5.41) is 1.11. The van der Waals surface area contributed by atoms with Crippen LogP contribution in [0.5, 0.6) is 0 Å². The first-order valence-electron chi connectivity index (χ1n) is 8.14. The van der Waals surface area contributed by atoms with Crippen LogP contribution in [0.15, 0.2) is 83.7 Å². The van der Waals surface area contributed by atoms with Crippen molar-refractivity contribution in [3.8, 4) is 22.8 Å². The summed E-state index contributed by atoms with van der Waals surface area (Å²) in [7, 11) is 0. The second kappa shape index (κ2) is 8.70. The molecule has 0 fully saturated rings. The minimum Gasteiger partial charge on any atom is -1.00 e. The molecule has 0 saturated carbocycles. The van der Waals surface area contributed by atoms with Gasteiger partial charge in [-0.1, -0.05) is 59.6 Å². The number of halogens is 3. The van der Waals surface area contributed by atoms with Crippen LogP contribution in [0.2, 0.25) is 10.0 Å². The van der Waals surface area contributed by atoms with Crippen molar-refractivity contribution >= 4 is 23.2 Å². The van der Waals surface area contributed by atoms with Gasteiger partial charge in [0.05, 0.1) is 16.2 Å². The first kappa shape index (κ1) is 19.6. The molecule has 27 heavy (non-hydrogen) atoms. The maximum absolute atomic E-state index is 6.10. The Morgan fingerprint density at radius 1 is 0.889 bits per heavy atom. The van der Waals surface area contributed by atoms with Crippen molar-refractivity contribution in [3.63, 3.8) is 0 Å². The quantitative estimate of drug-likeness (QED) is 0.437. The molecule has 0 atom stereocenters. The summed E-state index contributed by atoms with van der Waals surface area (Å²) in [6.45, 7) is 0.678. The molecule has 0 saturated heterocycles. The molecule has 0 radical (unpaired) electrons. The van der Waals surface area contributed by atoms with Gasteiger partial charge in [0.2, 0.25) is 5.89 Å². The van der Waals surface area contributed by atoms with Gasteiger partial charge in [-0.15, -0.1) is 0 Å². The summed E-state index contributed by atoms with van der Waals surface area (Å²) in [5.74, 6) is 1.34. The molecule has 0 bridgehead atoms. The average Bonchev–Trinajstić information content (AvgIpc) is 3.16. The molecule has 0 aliphatic heterocycles. The van der Waals surface area contributed by atoms with Crippen molar-refractivity contribution in [3.05, 3.63) is 94.9 Å². The lowest BCUT2D eigenvalue weighted by Gasteiger charge is -2.01. The Hall–Kier alpha value is -2.14. The molecule has 4 aromatic rings. The minimum absolute atomic E-state index is 0. The first-order valence-corrected chi connectivity index (χ1v) is 8.89. The van der Waals surface area contributed by atoms with E-state index in [1.165, 1.54) is 0 Å². The van der Waals surface area contributed by atoms with Crippen LogP contribution < -0.4 is 21.5 Å². The van der Waals surface area contributed by atoms with E-state index in [1.54, 1.807) is 6.20 Å². The van der Waals surface area contributed by atoms with Gasteiger partial charge in [-0.2, -0.15) is 4.57 Å². The van der Waals surface area contributed by atoms with E-state index >= 15 is 0 Å². The van der Waals surface area contributed by atoms with Gasteiger partial charge in [-0.05, 0) is 18.2 Å². The van der Waals surface area contributed by atoms with E-state index in [1.807, 2.05) is 73.1 Å². The monoisotopic (exact) mass is 460 g/mol. The molecule has 0 amide bonds. The largest absolute Gasteiger partial charge is 1.00 e. The van der Waals surface area contributed by atoms with Crippen LogP contribution in [-0.2, 0) is 6.54 Å². The maximum atomic E-state index is 6.10. The molecule has 6 heteroatoms. The molecular formula is C21H15BrCl2N2O. The Labute approximate surface area is 178 Å². The number of benzene rings is 2. The minimum atomic E-state index is 0. The van der Waals surface area contributed by atoms with Crippen LogP contribution in [0.3, 0.4) is 0 Å². The summed E-state index contributed by atoms with van der Waals surface area (Å²) < 4.78 is 7.99. The molecule has 136 valence electrons. The Morgan fingerprint density at radius 3 is 2.44 bits per heavy atom. The summed E-state index contributed by atoms with van der Waals surface area (Å²) in [4.78, 5) is 4.42. The Morgan fingerprint density at radius 2 is 1.67 bits per heavy atom. The third-order valence-corrected chi connectivity index (χ3v) is 4.76. The smallest absolute Gasteiger partial charge is 0.232 e. The number of nitrogens with zero attached hydrogens (tertiary/aromatic N) is 2. The summed E-state index contributed by atoms with van der Waals surface area (Å²) in [5.41, 5.74) is 2.99. The summed E-state index contributed by atoms with van der Waals surface area (Å²) >= 11 is 12.1. The molecule has 0 N–H and O–H groups in total. The van der Waals surface area contributed by atoms with Gasteiger partial charge in [0.25, 0.3) is 0 Å². The second-order valence-corrected chi connectivity index (χ2v) is 6.72. The third-order valence-electron chi connectivity index (χ3n) is 4.02. The number of rotatable bonds is 4. The van der Waals surface area contributed by atoms with Crippen molar-refractivity contribution < 1.29 is 26.0 Å². The van der Waals surface area contributed by atoms with Gasteiger partial charge in [0.1, 0.15) is 5.56 Å². The van der Waals surface area contributed by atoms with E-state index in [9.17, 15) is 0 Å². The lowest BCUT2D eigenvalue weighted by Crippen LogP contribution is -3.00. The molecule has 3 nitrogen and oxygen atoms in total. The van der Waals surface area contributed by atoms with Crippen molar-refractivity contribution in [2.24, 2.45) is 0 Å². The molecule has 0 aliphatic rings. The fourth-order valence-electron chi connectivity index (χ4n) is 2.74. The van der Waals surface area contributed by atoms with Crippen LogP contribution in [0.25, 0.3) is 22.8 Å². The normalized spacial score (nSPS) is 10.4. The van der Waals surface area contributed by atoms with Crippen LogP contribution >= 0.6 is 23.2 Å². The van der Waals surface area contributed by atoms with Gasteiger partial charge in [-0.3, -0.25) is 0 Å². The molecule has 2 heterocycles. The predicted molar refractivity (Wildman–Crippen MR) is 103 cm³/mol. The average molecular weight is 462 g/mol. The topological polar surface area (TPSA) is 29.9 Å². The van der Waals surface area contributed by atoms with E-state index in [2.05, 4.69) is 9.55 Å². The highest BCUT2D eigenvalue weighted by molar-refractivity contribution is 6.42. The highest BCUT2D eigenvalue weighted by Crippen LogP contribution is 2.25. The fraction of sp³-hybridized carbons (Fsp3) is 0.0476. The van der Waals surface area contributed by atoms with Crippen LogP contribution in [0.1, 0.15) is 5.56 Å². The number of hydrogen-bond donors (Lipinski definition) is 0. The molecule has 2 aromatic heterocycles. The molecule has 4 rings (SSSR count). The summed E-state index contributed by atoms with van der Waals surface area (Å²) in [6, 6.07) is 19.5. The van der Waals surface area contributed by atoms with E-state index < -0.39 is 0 Å². The van der Waals surface area contributed by atoms with Crippen molar-refractivity contribution in [2.75, 3.05) is 0 Å². The van der Waals surface area contributed by atoms with E-state index in [0.717, 1.165) is 22.5 Å². The number of pyridine rings is 1. The number of aromatic nitrogens is 2. The zero-order chi connectivity index (χ0) is 17.9. The first-order chi connectivity index (χ1) is 12.7. The lowest BCUT2D eigenvalue weighted by atomic mass is 10.2. The zero-order valence-electron chi connectivity index (χ0n) is 14.1. The Balaban J connectivity index is 0.00000210. The van der Waals surface area contributed by atoms with E-state index in [4.69, 9.17) is 27.6 Å². The molecule has 2 aromatic carbocycles. The summed E-state index contributed by atoms with van der Waals surface area (Å²) in [6.07, 6.45) is 5.75. The molecule has 0 unspecified atom stereocenters. The van der Waals surface area contributed by atoms with Crippen molar-refractivity contribution in [2.45, 2.75) is 6.54 Å². The predicted octanol–water partition coefficient (Wildman–Crippen LogP) is 2.66. The molecular weight excluding hydrogens is 447 g/mol. The van der Waals surface area contributed by atoms with Gasteiger partial charge >= 0.3 is 0 Å². The van der Waals surface area contributed by atoms with Gasteiger partial charge < -0.3 is 21.4 Å². The van der Waals surface area contributed by atoms with Crippen LogP contribution in [0, 0.1) is 0 Å². The van der Waals surface area contributed by atoms with Gasteiger partial charge in [0, 0.05) is 17.2 Å². The number of hydrogen-bond acceptors (Lipinski definition) is 2. The third kappa shape index (κ3) is 4.59. The van der Waals surface area contributed by atoms with Crippen LogP contribution in [0.4, 0.5) is 0 Å². The standard InChI is InChI=1S/C21H15Cl2N2O.BrH/c22-18-9-8-15(11-19(18)23)13-25-10-4-7-17(14-25)21-24-12-20(26-21)16-5-2-1-3-6-16;/h1-12,14H,13H2;1H/q+1;/p-1. The van der Waals surface area contributed by atoms with Gasteiger partial charge in [0.15, 0.2) is 24.7 Å². The SMILES string of the molecule is Clc1ccc(C[n+]2cccc(-c3ncc(-c4ccccc4)o3)c2)cc1Cl.[Br-]. The van der Waals surface area contributed by atoms with Gasteiger partial charge in [-0.25, -0.2) is 4.98 Å². The Bertz CT molecular complexity index is 1050. The maximum Gasteiger partial charge on any atom is 0.232 e. The Kier molecular flexibility index (Phi) is 6.32. The van der Waals surface area contributed by atoms with Crippen molar-refractivity contribution in [1.82, 2.24) is 4.98 Å². The molecule has 0 spiro atoms. The second-order valence-electron chi connectivity index (χ2n) is 5.91. The highest BCUT2D eigenvalue weighted by Gasteiger charge is 2.13. The number of oxazole rings is 1. The van der Waals surface area contributed by atoms with Crippen molar-refractivity contribution in [1.29, 1.82) is 0 Å².